The Morgan fingerprint density at radius 3 is 2.74 bits per heavy atom. The first-order valence-corrected chi connectivity index (χ1v) is 10.3. The molecule has 2 aromatic heterocycles. The molecule has 0 aliphatic carbocycles. The van der Waals surface area contributed by atoms with Crippen LogP contribution in [-0.4, -0.2) is 36.0 Å². The summed E-state index contributed by atoms with van der Waals surface area (Å²) in [6.07, 6.45) is 2.08. The number of ether oxygens (including phenoxy) is 1. The van der Waals surface area contributed by atoms with E-state index < -0.39 is 30.3 Å². The van der Waals surface area contributed by atoms with Crippen molar-refractivity contribution in [2.24, 2.45) is 0 Å². The molecule has 31 heavy (non-hydrogen) atoms. The fourth-order valence-electron chi connectivity index (χ4n) is 2.60. The molecule has 0 bridgehead atoms. The lowest BCUT2D eigenvalue weighted by Gasteiger charge is -2.07. The minimum Gasteiger partial charge on any atom is -0.456 e. The van der Waals surface area contributed by atoms with Crippen molar-refractivity contribution in [1.82, 2.24) is 15.6 Å². The second-order valence-corrected chi connectivity index (χ2v) is 7.42. The first kappa shape index (κ1) is 22.2. The quantitative estimate of drug-likeness (QED) is 0.490. The van der Waals surface area contributed by atoms with Crippen molar-refractivity contribution in [2.75, 3.05) is 13.2 Å². The van der Waals surface area contributed by atoms with Gasteiger partial charge in [-0.15, -0.1) is 11.3 Å². The first-order chi connectivity index (χ1) is 15.0. The third kappa shape index (κ3) is 7.03. The van der Waals surface area contributed by atoms with E-state index in [1.165, 1.54) is 12.3 Å². The highest BCUT2D eigenvalue weighted by Gasteiger charge is 2.14. The number of carbonyl (C=O) groups excluding carboxylic acids is 3. The summed E-state index contributed by atoms with van der Waals surface area (Å²) in [6, 6.07) is 9.33. The van der Waals surface area contributed by atoms with Crippen LogP contribution in [0.3, 0.4) is 0 Å². The van der Waals surface area contributed by atoms with E-state index in [0.29, 0.717) is 13.0 Å². The number of nitrogens with one attached hydrogen (secondary N) is 2. The minimum absolute atomic E-state index is 0.0858. The molecule has 0 radical (unpaired) electrons. The number of hydrogen-bond donors (Lipinski definition) is 2. The molecular formula is C21H20FN3O5S. The number of aryl methyl sites for hydroxylation is 1. The van der Waals surface area contributed by atoms with Crippen LogP contribution in [0, 0.1) is 5.82 Å². The summed E-state index contributed by atoms with van der Waals surface area (Å²) >= 11 is 1.58. The van der Waals surface area contributed by atoms with Gasteiger partial charge >= 0.3 is 12.0 Å². The van der Waals surface area contributed by atoms with Crippen molar-refractivity contribution in [1.29, 1.82) is 0 Å². The zero-order valence-corrected chi connectivity index (χ0v) is 17.2. The van der Waals surface area contributed by atoms with Gasteiger partial charge in [-0.1, -0.05) is 18.2 Å². The van der Waals surface area contributed by atoms with Gasteiger partial charge in [-0.05, 0) is 30.0 Å². The van der Waals surface area contributed by atoms with E-state index >= 15 is 0 Å². The van der Waals surface area contributed by atoms with Gasteiger partial charge in [0.05, 0.1) is 18.2 Å². The Hall–Kier alpha value is -3.53. The molecule has 2 heterocycles. The van der Waals surface area contributed by atoms with Crippen LogP contribution < -0.4 is 10.6 Å². The number of halogens is 1. The number of rotatable bonds is 9. The standard InChI is InChI=1S/C21H20FN3O5S/c22-16-6-2-1-5-15(16)17-12-24-19(30-17)7-8-20(27)29-13-18(26)25-21(28)23-10-9-14-4-3-11-31-14/h1-6,11-12H,7-10,13H2,(H2,23,25,26,28). The largest absolute Gasteiger partial charge is 0.456 e. The molecule has 1 aromatic carbocycles. The summed E-state index contributed by atoms with van der Waals surface area (Å²) in [4.78, 5) is 40.3. The highest BCUT2D eigenvalue weighted by atomic mass is 32.1. The number of thiophene rings is 1. The van der Waals surface area contributed by atoms with E-state index in [4.69, 9.17) is 9.15 Å². The van der Waals surface area contributed by atoms with Crippen LogP contribution in [0.1, 0.15) is 17.2 Å². The van der Waals surface area contributed by atoms with Gasteiger partial charge in [-0.3, -0.25) is 14.9 Å². The van der Waals surface area contributed by atoms with Gasteiger partial charge in [-0.25, -0.2) is 14.2 Å². The second-order valence-electron chi connectivity index (χ2n) is 6.39. The number of carbonyl (C=O) groups is 3. The van der Waals surface area contributed by atoms with Gasteiger partial charge < -0.3 is 14.5 Å². The molecule has 10 heteroatoms. The van der Waals surface area contributed by atoms with Gasteiger partial charge in [0.25, 0.3) is 5.91 Å². The summed E-state index contributed by atoms with van der Waals surface area (Å²) in [6.45, 7) is -0.201. The van der Waals surface area contributed by atoms with E-state index in [-0.39, 0.29) is 30.1 Å². The molecule has 0 saturated carbocycles. The molecule has 0 fully saturated rings. The predicted octanol–water partition coefficient (Wildman–Crippen LogP) is 3.09. The molecule has 0 saturated heterocycles. The maximum absolute atomic E-state index is 13.8. The average Bonchev–Trinajstić information content (AvgIpc) is 3.43. The van der Waals surface area contributed by atoms with E-state index in [2.05, 4.69) is 15.6 Å². The summed E-state index contributed by atoms with van der Waals surface area (Å²) in [7, 11) is 0. The molecule has 0 aliphatic heterocycles. The topological polar surface area (TPSA) is 111 Å². The average molecular weight is 445 g/mol. The maximum atomic E-state index is 13.8. The van der Waals surface area contributed by atoms with Crippen LogP contribution in [-0.2, 0) is 27.2 Å². The molecule has 8 nitrogen and oxygen atoms in total. The van der Waals surface area contributed by atoms with Gasteiger partial charge in [0.1, 0.15) is 5.82 Å². The molecule has 162 valence electrons. The Labute approximate surface area is 181 Å². The lowest BCUT2D eigenvalue weighted by Crippen LogP contribution is -2.42. The SMILES string of the molecule is O=C(COC(=O)CCc1ncc(-c2ccccc2F)o1)NC(=O)NCCc1cccs1. The number of aromatic nitrogens is 1. The van der Waals surface area contributed by atoms with Gasteiger partial charge in [-0.2, -0.15) is 0 Å². The normalized spacial score (nSPS) is 10.5. The van der Waals surface area contributed by atoms with Crippen molar-refractivity contribution >= 4 is 29.2 Å². The summed E-state index contributed by atoms with van der Waals surface area (Å²) in [5, 5.41) is 6.58. The van der Waals surface area contributed by atoms with E-state index in [0.717, 1.165) is 4.88 Å². The molecule has 3 rings (SSSR count). The molecule has 3 aromatic rings. The molecule has 0 unspecified atom stereocenters. The lowest BCUT2D eigenvalue weighted by atomic mass is 10.2. The third-order valence-electron chi connectivity index (χ3n) is 4.09. The monoisotopic (exact) mass is 445 g/mol. The smallest absolute Gasteiger partial charge is 0.321 e. The van der Waals surface area contributed by atoms with Crippen LogP contribution in [0.25, 0.3) is 11.3 Å². The van der Waals surface area contributed by atoms with Crippen LogP contribution in [0.5, 0.6) is 0 Å². The zero-order valence-electron chi connectivity index (χ0n) is 16.4. The fraction of sp³-hybridized carbons (Fsp3) is 0.238. The number of urea groups is 1. The highest BCUT2D eigenvalue weighted by molar-refractivity contribution is 7.09. The Balaban J connectivity index is 1.33. The van der Waals surface area contributed by atoms with E-state index in [1.54, 1.807) is 29.5 Å². The molecule has 0 aliphatic rings. The van der Waals surface area contributed by atoms with Crippen LogP contribution in [0.15, 0.2) is 52.4 Å². The van der Waals surface area contributed by atoms with E-state index in [9.17, 15) is 18.8 Å². The number of benzene rings is 1. The molecule has 3 amide bonds. The third-order valence-corrected chi connectivity index (χ3v) is 5.03. The Kier molecular flexibility index (Phi) is 7.88. The minimum atomic E-state index is -0.736. The number of imide groups is 1. The van der Waals surface area contributed by atoms with Crippen molar-refractivity contribution < 1.29 is 27.9 Å². The van der Waals surface area contributed by atoms with Crippen LogP contribution in [0.4, 0.5) is 9.18 Å². The zero-order chi connectivity index (χ0) is 22.1. The van der Waals surface area contributed by atoms with Crippen LogP contribution in [0.2, 0.25) is 0 Å². The molecular weight excluding hydrogens is 425 g/mol. The highest BCUT2D eigenvalue weighted by Crippen LogP contribution is 2.23. The Morgan fingerprint density at radius 2 is 1.97 bits per heavy atom. The molecule has 2 N–H and O–H groups in total. The fourth-order valence-corrected chi connectivity index (χ4v) is 3.31. The predicted molar refractivity (Wildman–Crippen MR) is 111 cm³/mol. The molecule has 0 spiro atoms. The van der Waals surface area contributed by atoms with Gasteiger partial charge in [0.2, 0.25) is 0 Å². The first-order valence-electron chi connectivity index (χ1n) is 9.46. The Morgan fingerprint density at radius 1 is 1.13 bits per heavy atom. The number of amides is 3. The van der Waals surface area contributed by atoms with Gasteiger partial charge in [0, 0.05) is 17.8 Å². The van der Waals surface area contributed by atoms with Crippen LogP contribution >= 0.6 is 11.3 Å². The number of nitrogens with zero attached hydrogens (tertiary/aromatic N) is 1. The van der Waals surface area contributed by atoms with Crippen molar-refractivity contribution in [2.45, 2.75) is 19.3 Å². The summed E-state index contributed by atoms with van der Waals surface area (Å²) < 4.78 is 24.1. The van der Waals surface area contributed by atoms with Crippen molar-refractivity contribution in [3.63, 3.8) is 0 Å². The maximum Gasteiger partial charge on any atom is 0.321 e. The number of esters is 1. The number of hydrogen-bond acceptors (Lipinski definition) is 7. The number of oxazole rings is 1. The van der Waals surface area contributed by atoms with Crippen molar-refractivity contribution in [3.05, 3.63) is 64.6 Å². The lowest BCUT2D eigenvalue weighted by molar-refractivity contribution is -0.148. The molecule has 0 atom stereocenters. The Bertz CT molecular complexity index is 1040. The van der Waals surface area contributed by atoms with Gasteiger partial charge in [0.15, 0.2) is 18.3 Å². The summed E-state index contributed by atoms with van der Waals surface area (Å²) in [5.41, 5.74) is 0.272. The second kappa shape index (κ2) is 11.0. The summed E-state index contributed by atoms with van der Waals surface area (Å²) in [5.74, 6) is -1.33. The van der Waals surface area contributed by atoms with E-state index in [1.807, 2.05) is 17.5 Å². The van der Waals surface area contributed by atoms with Crippen molar-refractivity contribution in [3.8, 4) is 11.3 Å².